The molecule has 1 N–H and O–H groups in total. The summed E-state index contributed by atoms with van der Waals surface area (Å²) in [6.45, 7) is 6.14. The number of sulfonamides is 1. The molecule has 0 fully saturated rings. The molecule has 0 heterocycles. The number of nitrogens with zero attached hydrogens (tertiary/aromatic N) is 1. The zero-order chi connectivity index (χ0) is 16.4. The van der Waals surface area contributed by atoms with Crippen LogP contribution in [-0.4, -0.2) is 36.9 Å². The van der Waals surface area contributed by atoms with Crippen molar-refractivity contribution in [2.45, 2.75) is 32.6 Å². The Balaban J connectivity index is 3.56. The summed E-state index contributed by atoms with van der Waals surface area (Å²) >= 11 is 0. The number of carbonyl (C=O) groups is 1. The first-order chi connectivity index (χ1) is 9.62. The quantitative estimate of drug-likeness (QED) is 0.839. The third kappa shape index (κ3) is 3.43. The maximum absolute atomic E-state index is 12.8. The van der Waals surface area contributed by atoms with Crippen molar-refractivity contribution in [1.29, 1.82) is 0 Å². The Morgan fingerprint density at radius 3 is 2.10 bits per heavy atom. The van der Waals surface area contributed by atoms with Gasteiger partial charge in [0.2, 0.25) is 10.0 Å². The first-order valence-electron chi connectivity index (χ1n) is 6.35. The third-order valence-electron chi connectivity index (χ3n) is 3.47. The molecular formula is C15H19NO4S. The van der Waals surface area contributed by atoms with E-state index in [1.165, 1.54) is 0 Å². The van der Waals surface area contributed by atoms with Gasteiger partial charge in [0.1, 0.15) is 6.54 Å². The van der Waals surface area contributed by atoms with E-state index in [9.17, 15) is 13.2 Å². The molecule has 0 unspecified atom stereocenters. The van der Waals surface area contributed by atoms with Gasteiger partial charge in [0, 0.05) is 0 Å². The normalized spacial score (nSPS) is 11.4. The van der Waals surface area contributed by atoms with Crippen LogP contribution in [0.4, 0.5) is 0 Å². The van der Waals surface area contributed by atoms with E-state index in [1.54, 1.807) is 13.8 Å². The standard InChI is InChI=1S/C15H19NO4S/c1-6-7-16(9-14(17)18)21(19,20)15-12(4)10(2)8-11(3)13(15)5/h1,8H,7,9H2,2-5H3,(H,17,18). The maximum atomic E-state index is 12.8. The largest absolute Gasteiger partial charge is 0.480 e. The summed E-state index contributed by atoms with van der Waals surface area (Å²) in [6, 6.07) is 1.91. The van der Waals surface area contributed by atoms with Crippen LogP contribution in [0.3, 0.4) is 0 Å². The Labute approximate surface area is 125 Å². The van der Waals surface area contributed by atoms with Crippen molar-refractivity contribution in [3.05, 3.63) is 28.3 Å². The molecule has 1 aromatic rings. The fraction of sp³-hybridized carbons (Fsp3) is 0.400. The van der Waals surface area contributed by atoms with E-state index in [0.29, 0.717) is 11.1 Å². The summed E-state index contributed by atoms with van der Waals surface area (Å²) in [7, 11) is -3.95. The lowest BCUT2D eigenvalue weighted by molar-refractivity contribution is -0.137. The highest BCUT2D eigenvalue weighted by Crippen LogP contribution is 2.28. The molecule has 0 atom stereocenters. The molecule has 114 valence electrons. The molecule has 0 radical (unpaired) electrons. The monoisotopic (exact) mass is 309 g/mol. The van der Waals surface area contributed by atoms with Crippen LogP contribution in [0.5, 0.6) is 0 Å². The molecule has 1 aromatic carbocycles. The Kier molecular flexibility index (Phi) is 5.15. The molecule has 0 aliphatic carbocycles. The van der Waals surface area contributed by atoms with E-state index in [2.05, 4.69) is 5.92 Å². The van der Waals surface area contributed by atoms with E-state index in [4.69, 9.17) is 11.5 Å². The molecule has 0 saturated carbocycles. The van der Waals surface area contributed by atoms with Crippen molar-refractivity contribution in [2.75, 3.05) is 13.1 Å². The van der Waals surface area contributed by atoms with Crippen molar-refractivity contribution in [2.24, 2.45) is 0 Å². The van der Waals surface area contributed by atoms with Crippen LogP contribution in [-0.2, 0) is 14.8 Å². The van der Waals surface area contributed by atoms with E-state index in [-0.39, 0.29) is 11.4 Å². The molecule has 6 heteroatoms. The smallest absolute Gasteiger partial charge is 0.318 e. The fourth-order valence-electron chi connectivity index (χ4n) is 2.18. The lowest BCUT2D eigenvalue weighted by Crippen LogP contribution is -2.36. The number of rotatable bonds is 5. The van der Waals surface area contributed by atoms with Crippen molar-refractivity contribution in [3.63, 3.8) is 0 Å². The Morgan fingerprint density at radius 2 is 1.71 bits per heavy atom. The molecule has 0 aliphatic rings. The summed E-state index contributed by atoms with van der Waals surface area (Å²) in [4.78, 5) is 11.0. The second-order valence-electron chi connectivity index (χ2n) is 4.96. The number of carboxylic acid groups (broad SMARTS) is 1. The van der Waals surface area contributed by atoms with E-state index in [0.717, 1.165) is 15.4 Å². The lowest BCUT2D eigenvalue weighted by atomic mass is 10.0. The number of benzene rings is 1. The average Bonchev–Trinajstić information content (AvgIpc) is 2.35. The highest BCUT2D eigenvalue weighted by Gasteiger charge is 2.30. The number of carboxylic acids is 1. The third-order valence-corrected chi connectivity index (χ3v) is 5.54. The van der Waals surface area contributed by atoms with Gasteiger partial charge in [0.15, 0.2) is 0 Å². The number of aliphatic carboxylic acids is 1. The van der Waals surface area contributed by atoms with Gasteiger partial charge >= 0.3 is 5.97 Å². The van der Waals surface area contributed by atoms with Crippen molar-refractivity contribution in [1.82, 2.24) is 4.31 Å². The zero-order valence-corrected chi connectivity index (χ0v) is 13.4. The van der Waals surface area contributed by atoms with Crippen molar-refractivity contribution < 1.29 is 18.3 Å². The second kappa shape index (κ2) is 6.29. The molecule has 0 saturated heterocycles. The number of hydrogen-bond acceptors (Lipinski definition) is 3. The van der Waals surface area contributed by atoms with E-state index >= 15 is 0 Å². The molecule has 0 amide bonds. The van der Waals surface area contributed by atoms with Crippen LogP contribution in [0, 0.1) is 40.0 Å². The molecule has 0 aromatic heterocycles. The Hall–Kier alpha value is -1.84. The van der Waals surface area contributed by atoms with Gasteiger partial charge in [-0.3, -0.25) is 4.79 Å². The predicted octanol–water partition coefficient (Wildman–Crippen LogP) is 1.63. The maximum Gasteiger partial charge on any atom is 0.318 e. The fourth-order valence-corrected chi connectivity index (χ4v) is 4.05. The summed E-state index contributed by atoms with van der Waals surface area (Å²) < 4.78 is 26.4. The van der Waals surface area contributed by atoms with Crippen LogP contribution in [0.25, 0.3) is 0 Å². The Bertz CT molecular complexity index is 688. The van der Waals surface area contributed by atoms with Gasteiger partial charge in [0.25, 0.3) is 0 Å². The topological polar surface area (TPSA) is 74.7 Å². The van der Waals surface area contributed by atoms with Gasteiger partial charge in [-0.2, -0.15) is 4.31 Å². The minimum Gasteiger partial charge on any atom is -0.480 e. The molecule has 0 spiro atoms. The SMILES string of the molecule is C#CCN(CC(=O)O)S(=O)(=O)c1c(C)c(C)cc(C)c1C. The number of terminal acetylenes is 1. The first-order valence-corrected chi connectivity index (χ1v) is 7.79. The summed E-state index contributed by atoms with van der Waals surface area (Å²) in [6.07, 6.45) is 5.17. The summed E-state index contributed by atoms with van der Waals surface area (Å²) in [5.41, 5.74) is 2.91. The number of aryl methyl sites for hydroxylation is 2. The average molecular weight is 309 g/mol. The number of hydrogen-bond donors (Lipinski definition) is 1. The van der Waals surface area contributed by atoms with Gasteiger partial charge in [0.05, 0.1) is 11.4 Å². The van der Waals surface area contributed by atoms with Crippen molar-refractivity contribution >= 4 is 16.0 Å². The highest BCUT2D eigenvalue weighted by atomic mass is 32.2. The highest BCUT2D eigenvalue weighted by molar-refractivity contribution is 7.89. The molecule has 5 nitrogen and oxygen atoms in total. The van der Waals surface area contributed by atoms with Gasteiger partial charge in [-0.05, 0) is 49.9 Å². The van der Waals surface area contributed by atoms with Crippen molar-refractivity contribution in [3.8, 4) is 12.3 Å². The summed E-state index contributed by atoms with van der Waals surface area (Å²) in [5, 5.41) is 8.89. The van der Waals surface area contributed by atoms with E-state index < -0.39 is 22.5 Å². The van der Waals surface area contributed by atoms with Gasteiger partial charge in [-0.15, -0.1) is 6.42 Å². The van der Waals surface area contributed by atoms with Gasteiger partial charge < -0.3 is 5.11 Å². The Morgan fingerprint density at radius 1 is 1.24 bits per heavy atom. The molecule has 0 bridgehead atoms. The van der Waals surface area contributed by atoms with Crippen LogP contribution in [0.1, 0.15) is 22.3 Å². The summed E-state index contributed by atoms with van der Waals surface area (Å²) in [5.74, 6) is 0.958. The molecule has 0 aliphatic heterocycles. The zero-order valence-electron chi connectivity index (χ0n) is 12.6. The first kappa shape index (κ1) is 17.2. The minimum atomic E-state index is -3.95. The molecular weight excluding hydrogens is 290 g/mol. The van der Waals surface area contributed by atoms with E-state index in [1.807, 2.05) is 19.9 Å². The van der Waals surface area contributed by atoms with Crippen LogP contribution < -0.4 is 0 Å². The second-order valence-corrected chi connectivity index (χ2v) is 6.84. The predicted molar refractivity (Wildman–Crippen MR) is 80.6 cm³/mol. The molecule has 21 heavy (non-hydrogen) atoms. The van der Waals surface area contributed by atoms with Crippen LogP contribution in [0.2, 0.25) is 0 Å². The molecule has 1 rings (SSSR count). The van der Waals surface area contributed by atoms with Gasteiger partial charge in [-0.1, -0.05) is 12.0 Å². The van der Waals surface area contributed by atoms with Gasteiger partial charge in [-0.25, -0.2) is 8.42 Å². The lowest BCUT2D eigenvalue weighted by Gasteiger charge is -2.22. The minimum absolute atomic E-state index is 0.150. The van der Waals surface area contributed by atoms with Crippen LogP contribution in [0.15, 0.2) is 11.0 Å². The van der Waals surface area contributed by atoms with Crippen LogP contribution >= 0.6 is 0 Å².